The number of likely N-dealkylation sites (tertiary alicyclic amines) is 1. The lowest BCUT2D eigenvalue weighted by atomic mass is 9.94. The molecule has 35 heavy (non-hydrogen) atoms. The van der Waals surface area contributed by atoms with E-state index in [1.807, 2.05) is 43.3 Å². The molecule has 1 aromatic heterocycles. The summed E-state index contributed by atoms with van der Waals surface area (Å²) in [6.07, 6.45) is 3.80. The number of benzene rings is 2. The molecule has 1 aliphatic heterocycles. The van der Waals surface area contributed by atoms with Crippen LogP contribution in [0.2, 0.25) is 0 Å². The summed E-state index contributed by atoms with van der Waals surface area (Å²) in [5.41, 5.74) is 2.96. The maximum absolute atomic E-state index is 13.1. The molecule has 1 saturated heterocycles. The number of nitrogens with zero attached hydrogens (tertiary/aromatic N) is 2. The number of aromatic nitrogens is 1. The number of ether oxygens (including phenoxy) is 2. The lowest BCUT2D eigenvalue weighted by Gasteiger charge is -2.25. The molecule has 1 aliphatic rings. The molecule has 0 radical (unpaired) electrons. The van der Waals surface area contributed by atoms with Gasteiger partial charge < -0.3 is 19.5 Å². The van der Waals surface area contributed by atoms with Gasteiger partial charge >= 0.3 is 0 Å². The second-order valence-corrected chi connectivity index (χ2v) is 8.38. The number of pyridine rings is 1. The number of aliphatic hydroxyl groups is 1. The number of rotatable bonds is 9. The number of carbonyl (C=O) groups is 2. The van der Waals surface area contributed by atoms with Gasteiger partial charge in [-0.2, -0.15) is 0 Å². The summed E-state index contributed by atoms with van der Waals surface area (Å²) in [5.74, 6) is -0.917. The Morgan fingerprint density at radius 2 is 1.89 bits per heavy atom. The molecule has 7 heteroatoms. The summed E-state index contributed by atoms with van der Waals surface area (Å²) < 4.78 is 11.0. The van der Waals surface area contributed by atoms with Crippen LogP contribution in [0.15, 0.2) is 78.6 Å². The van der Waals surface area contributed by atoms with Crippen LogP contribution in [0, 0.1) is 6.92 Å². The van der Waals surface area contributed by atoms with Crippen LogP contribution in [0.1, 0.15) is 34.7 Å². The molecule has 4 rings (SSSR count). The van der Waals surface area contributed by atoms with E-state index in [-0.39, 0.29) is 11.3 Å². The highest BCUT2D eigenvalue weighted by molar-refractivity contribution is 6.46. The van der Waals surface area contributed by atoms with E-state index in [0.717, 1.165) is 11.1 Å². The molecule has 3 aromatic rings. The SMILES string of the molecule is COCCCN1C(=O)C(=O)/C(=C(/O)c2ccc(OCc3ccccc3)cc2C)[C@H]1c1cccnc1. The highest BCUT2D eigenvalue weighted by Gasteiger charge is 2.46. The first-order valence-electron chi connectivity index (χ1n) is 11.5. The quantitative estimate of drug-likeness (QED) is 0.215. The Balaban J connectivity index is 1.67. The molecule has 1 amide bonds. The van der Waals surface area contributed by atoms with E-state index in [1.54, 1.807) is 43.8 Å². The molecule has 0 aliphatic carbocycles. The Hall–Kier alpha value is -3.97. The number of hydrogen-bond acceptors (Lipinski definition) is 6. The maximum atomic E-state index is 13.1. The smallest absolute Gasteiger partial charge is 0.295 e. The van der Waals surface area contributed by atoms with Crippen molar-refractivity contribution in [2.75, 3.05) is 20.3 Å². The van der Waals surface area contributed by atoms with Crippen LogP contribution >= 0.6 is 0 Å². The third-order valence-electron chi connectivity index (χ3n) is 5.99. The van der Waals surface area contributed by atoms with Gasteiger partial charge in [0.2, 0.25) is 0 Å². The van der Waals surface area contributed by atoms with Crippen molar-refractivity contribution in [3.63, 3.8) is 0 Å². The number of amides is 1. The fourth-order valence-electron chi connectivity index (χ4n) is 4.25. The van der Waals surface area contributed by atoms with Crippen LogP contribution in [-0.4, -0.2) is 46.9 Å². The van der Waals surface area contributed by atoms with Crippen molar-refractivity contribution >= 4 is 17.4 Å². The normalized spacial score (nSPS) is 17.1. The number of carbonyl (C=O) groups excluding carboxylic acids is 2. The lowest BCUT2D eigenvalue weighted by Crippen LogP contribution is -2.31. The van der Waals surface area contributed by atoms with Gasteiger partial charge in [-0.25, -0.2) is 0 Å². The summed E-state index contributed by atoms with van der Waals surface area (Å²) in [6.45, 7) is 3.02. The van der Waals surface area contributed by atoms with E-state index >= 15 is 0 Å². The van der Waals surface area contributed by atoms with Gasteiger partial charge in [0.25, 0.3) is 11.7 Å². The fourth-order valence-corrected chi connectivity index (χ4v) is 4.25. The molecule has 180 valence electrons. The van der Waals surface area contributed by atoms with Crippen molar-refractivity contribution in [2.24, 2.45) is 0 Å². The third-order valence-corrected chi connectivity index (χ3v) is 5.99. The number of methoxy groups -OCH3 is 1. The van der Waals surface area contributed by atoms with Gasteiger partial charge in [-0.15, -0.1) is 0 Å². The molecule has 2 heterocycles. The minimum atomic E-state index is -0.728. The Kier molecular flexibility index (Phi) is 7.57. The van der Waals surface area contributed by atoms with Crippen molar-refractivity contribution in [1.29, 1.82) is 0 Å². The number of Topliss-reactive ketones (excluding diaryl/α,β-unsaturated/α-hetero) is 1. The monoisotopic (exact) mass is 472 g/mol. The van der Waals surface area contributed by atoms with Crippen LogP contribution in [-0.2, 0) is 20.9 Å². The van der Waals surface area contributed by atoms with Crippen LogP contribution in [0.3, 0.4) is 0 Å². The first-order chi connectivity index (χ1) is 17.0. The van der Waals surface area contributed by atoms with Crippen molar-refractivity contribution in [2.45, 2.75) is 26.0 Å². The largest absolute Gasteiger partial charge is 0.507 e. The van der Waals surface area contributed by atoms with E-state index in [9.17, 15) is 14.7 Å². The van der Waals surface area contributed by atoms with E-state index in [2.05, 4.69) is 4.98 Å². The molecular weight excluding hydrogens is 444 g/mol. The second kappa shape index (κ2) is 11.0. The van der Waals surface area contributed by atoms with Gasteiger partial charge in [-0.3, -0.25) is 14.6 Å². The summed E-state index contributed by atoms with van der Waals surface area (Å²) >= 11 is 0. The Morgan fingerprint density at radius 1 is 1.09 bits per heavy atom. The van der Waals surface area contributed by atoms with Crippen LogP contribution < -0.4 is 4.74 Å². The van der Waals surface area contributed by atoms with Gasteiger partial charge in [0.05, 0.1) is 11.6 Å². The zero-order valence-electron chi connectivity index (χ0n) is 19.8. The Labute approximate surface area is 204 Å². The van der Waals surface area contributed by atoms with Crippen LogP contribution in [0.25, 0.3) is 5.76 Å². The van der Waals surface area contributed by atoms with Crippen LogP contribution in [0.5, 0.6) is 5.75 Å². The van der Waals surface area contributed by atoms with Crippen molar-refractivity contribution < 1.29 is 24.2 Å². The van der Waals surface area contributed by atoms with E-state index in [0.29, 0.717) is 43.1 Å². The predicted octanol–water partition coefficient (Wildman–Crippen LogP) is 4.43. The summed E-state index contributed by atoms with van der Waals surface area (Å²) in [7, 11) is 1.59. The van der Waals surface area contributed by atoms with E-state index in [1.165, 1.54) is 4.90 Å². The van der Waals surface area contributed by atoms with Gasteiger partial charge in [-0.1, -0.05) is 36.4 Å². The molecule has 2 aromatic carbocycles. The third kappa shape index (κ3) is 5.25. The Morgan fingerprint density at radius 3 is 2.57 bits per heavy atom. The average molecular weight is 473 g/mol. The topological polar surface area (TPSA) is 89.0 Å². The maximum Gasteiger partial charge on any atom is 0.295 e. The molecule has 1 atom stereocenters. The van der Waals surface area contributed by atoms with Crippen LogP contribution in [0.4, 0.5) is 0 Å². The fraction of sp³-hybridized carbons (Fsp3) is 0.250. The highest BCUT2D eigenvalue weighted by atomic mass is 16.5. The highest BCUT2D eigenvalue weighted by Crippen LogP contribution is 2.40. The van der Waals surface area contributed by atoms with Gasteiger partial charge in [0, 0.05) is 38.2 Å². The van der Waals surface area contributed by atoms with E-state index in [4.69, 9.17) is 9.47 Å². The summed E-state index contributed by atoms with van der Waals surface area (Å²) in [5, 5.41) is 11.3. The number of ketones is 1. The number of aryl methyl sites for hydroxylation is 1. The number of hydrogen-bond donors (Lipinski definition) is 1. The molecule has 0 saturated carbocycles. The minimum Gasteiger partial charge on any atom is -0.507 e. The van der Waals surface area contributed by atoms with E-state index < -0.39 is 17.7 Å². The average Bonchev–Trinajstić information content (AvgIpc) is 3.13. The number of aliphatic hydroxyl groups excluding tert-OH is 1. The minimum absolute atomic E-state index is 0.0569. The zero-order chi connectivity index (χ0) is 24.8. The standard InChI is InChI=1S/C28H28N2O5/c1-19-16-22(35-18-20-8-4-3-5-9-20)11-12-23(19)26(31)24-25(21-10-6-13-29-17-21)30(14-7-15-34-2)28(33)27(24)32/h3-6,8-13,16-17,25,31H,7,14-15,18H2,1-2H3/b26-24+/t25-/m1/s1. The first-order valence-corrected chi connectivity index (χ1v) is 11.5. The van der Waals surface area contributed by atoms with Crippen molar-refractivity contribution in [3.8, 4) is 5.75 Å². The van der Waals surface area contributed by atoms with Gasteiger partial charge in [0.15, 0.2) is 0 Å². The molecule has 1 N–H and O–H groups in total. The molecule has 0 spiro atoms. The first kappa shape index (κ1) is 24.2. The molecule has 1 fully saturated rings. The summed E-state index contributed by atoms with van der Waals surface area (Å²) in [4.78, 5) is 31.7. The molecule has 7 nitrogen and oxygen atoms in total. The second-order valence-electron chi connectivity index (χ2n) is 8.38. The molecule has 0 unspecified atom stereocenters. The Bertz CT molecular complexity index is 1220. The predicted molar refractivity (Wildman–Crippen MR) is 132 cm³/mol. The lowest BCUT2D eigenvalue weighted by molar-refractivity contribution is -0.140. The van der Waals surface area contributed by atoms with Gasteiger partial charge in [-0.05, 0) is 54.3 Å². The van der Waals surface area contributed by atoms with Gasteiger partial charge in [0.1, 0.15) is 18.1 Å². The van der Waals surface area contributed by atoms with Crippen molar-refractivity contribution in [1.82, 2.24) is 9.88 Å². The van der Waals surface area contributed by atoms with Crippen molar-refractivity contribution in [3.05, 3.63) is 101 Å². The molecule has 0 bridgehead atoms. The zero-order valence-corrected chi connectivity index (χ0v) is 19.8. The summed E-state index contributed by atoms with van der Waals surface area (Å²) in [6, 6.07) is 17.9. The molecular formula is C28H28N2O5.